The topological polar surface area (TPSA) is 69.7 Å². The van der Waals surface area contributed by atoms with E-state index in [1.54, 1.807) is 26.7 Å². The van der Waals surface area contributed by atoms with E-state index in [4.69, 9.17) is 27.8 Å². The number of furan rings is 2. The maximum absolute atomic E-state index is 6.09. The van der Waals surface area contributed by atoms with Crippen molar-refractivity contribution in [2.24, 2.45) is 0 Å². The van der Waals surface area contributed by atoms with Crippen molar-refractivity contribution in [1.82, 2.24) is 9.80 Å². The lowest BCUT2D eigenvalue weighted by molar-refractivity contribution is 0.0791. The molecule has 0 N–H and O–H groups in total. The molecule has 2 aromatic heterocycles. The molecule has 0 saturated carbocycles. The summed E-state index contributed by atoms with van der Waals surface area (Å²) in [5.41, 5.74) is 4.49. The molecule has 6 rings (SSSR count). The molecule has 0 unspecified atom stereocenters. The Balaban J connectivity index is 1.24. The standard InChI is InChI=1S/C29H30N2O6/c1-32-26-12-20(10-22-14-30(18-36-28(22)26)16-24-5-3-7-34-24)9-21-11-23-15-31(17-25-6-4-8-35-25)19-37-29(23)27(13-21)33-2/h3-8,10-13H,9,14-19H2,1-2H3. The van der Waals surface area contributed by atoms with Gasteiger partial charge in [0, 0.05) is 24.2 Å². The average Bonchev–Trinajstić information content (AvgIpc) is 3.62. The highest BCUT2D eigenvalue weighted by atomic mass is 16.5. The number of fused-ring (bicyclic) bond motifs is 2. The highest BCUT2D eigenvalue weighted by Crippen LogP contribution is 2.40. The first kappa shape index (κ1) is 23.5. The van der Waals surface area contributed by atoms with E-state index in [2.05, 4.69) is 34.1 Å². The Kier molecular flexibility index (Phi) is 6.51. The molecule has 4 heterocycles. The van der Waals surface area contributed by atoms with Crippen LogP contribution in [0.4, 0.5) is 0 Å². The molecule has 4 aromatic rings. The van der Waals surface area contributed by atoms with E-state index in [0.29, 0.717) is 26.6 Å². The zero-order valence-corrected chi connectivity index (χ0v) is 21.1. The van der Waals surface area contributed by atoms with Crippen molar-refractivity contribution in [1.29, 1.82) is 0 Å². The maximum Gasteiger partial charge on any atom is 0.167 e. The third-order valence-corrected chi connectivity index (χ3v) is 6.72. The van der Waals surface area contributed by atoms with E-state index < -0.39 is 0 Å². The minimum Gasteiger partial charge on any atom is -0.493 e. The van der Waals surface area contributed by atoms with Crippen molar-refractivity contribution in [2.75, 3.05) is 27.7 Å². The number of ether oxygens (including phenoxy) is 4. The van der Waals surface area contributed by atoms with Crippen LogP contribution in [0.3, 0.4) is 0 Å². The Morgan fingerprint density at radius 3 is 1.59 bits per heavy atom. The largest absolute Gasteiger partial charge is 0.493 e. The SMILES string of the molecule is COc1cc(Cc2cc3c(c(OC)c2)OCN(Cc2ccco2)C3)cc2c1OCN(Cc1ccco1)C2. The van der Waals surface area contributed by atoms with Crippen molar-refractivity contribution in [3.05, 3.63) is 94.8 Å². The second kappa shape index (κ2) is 10.2. The second-order valence-electron chi connectivity index (χ2n) is 9.43. The zero-order chi connectivity index (χ0) is 25.2. The molecule has 192 valence electrons. The minimum absolute atomic E-state index is 0.486. The van der Waals surface area contributed by atoms with Gasteiger partial charge in [-0.1, -0.05) is 12.1 Å². The van der Waals surface area contributed by atoms with Gasteiger partial charge in [-0.3, -0.25) is 9.80 Å². The first-order valence-corrected chi connectivity index (χ1v) is 12.3. The Hall–Kier alpha value is -3.88. The molecule has 0 fully saturated rings. The van der Waals surface area contributed by atoms with E-state index in [1.165, 1.54) is 0 Å². The fraction of sp³-hybridized carbons (Fsp3) is 0.310. The third kappa shape index (κ3) is 5.03. The summed E-state index contributed by atoms with van der Waals surface area (Å²) in [5.74, 6) is 4.96. The lowest BCUT2D eigenvalue weighted by Crippen LogP contribution is -2.31. The lowest BCUT2D eigenvalue weighted by atomic mass is 9.98. The molecule has 8 nitrogen and oxygen atoms in total. The van der Waals surface area contributed by atoms with Crippen LogP contribution in [0.2, 0.25) is 0 Å². The summed E-state index contributed by atoms with van der Waals surface area (Å²) in [5, 5.41) is 0. The van der Waals surface area contributed by atoms with Gasteiger partial charge in [-0.25, -0.2) is 0 Å². The summed E-state index contributed by atoms with van der Waals surface area (Å²) in [6.45, 7) is 3.86. The normalized spacial score (nSPS) is 15.4. The van der Waals surface area contributed by atoms with Gasteiger partial charge in [-0.15, -0.1) is 0 Å². The summed E-state index contributed by atoms with van der Waals surface area (Å²) in [6, 6.07) is 16.3. The van der Waals surface area contributed by atoms with Gasteiger partial charge >= 0.3 is 0 Å². The van der Waals surface area contributed by atoms with E-state index in [1.807, 2.05) is 24.3 Å². The smallest absolute Gasteiger partial charge is 0.167 e. The number of methoxy groups -OCH3 is 2. The van der Waals surface area contributed by atoms with Gasteiger partial charge in [-0.2, -0.15) is 0 Å². The van der Waals surface area contributed by atoms with Crippen LogP contribution in [0.1, 0.15) is 33.8 Å². The fourth-order valence-electron chi connectivity index (χ4n) is 5.09. The average molecular weight is 503 g/mol. The number of nitrogens with zero attached hydrogens (tertiary/aromatic N) is 2. The van der Waals surface area contributed by atoms with E-state index >= 15 is 0 Å². The molecule has 2 aliphatic rings. The van der Waals surface area contributed by atoms with Crippen molar-refractivity contribution >= 4 is 0 Å². The molecule has 2 aliphatic heterocycles. The molecule has 0 saturated heterocycles. The van der Waals surface area contributed by atoms with Crippen molar-refractivity contribution in [2.45, 2.75) is 32.6 Å². The lowest BCUT2D eigenvalue weighted by Gasteiger charge is -2.30. The predicted molar refractivity (Wildman–Crippen MR) is 136 cm³/mol. The Labute approximate surface area is 215 Å². The first-order chi connectivity index (χ1) is 18.2. The Morgan fingerprint density at radius 1 is 0.703 bits per heavy atom. The number of hydrogen-bond acceptors (Lipinski definition) is 8. The molecular formula is C29H30N2O6. The molecule has 8 heteroatoms. The van der Waals surface area contributed by atoms with Gasteiger partial charge in [-0.05, 0) is 53.9 Å². The monoisotopic (exact) mass is 502 g/mol. The molecule has 0 amide bonds. The summed E-state index contributed by atoms with van der Waals surface area (Å²) in [4.78, 5) is 4.41. The molecular weight excluding hydrogens is 472 g/mol. The Morgan fingerprint density at radius 2 is 1.19 bits per heavy atom. The highest BCUT2D eigenvalue weighted by Gasteiger charge is 2.25. The Bertz CT molecular complexity index is 1250. The second-order valence-corrected chi connectivity index (χ2v) is 9.43. The van der Waals surface area contributed by atoms with Crippen LogP contribution in [0.25, 0.3) is 0 Å². The molecule has 2 aromatic carbocycles. The van der Waals surface area contributed by atoms with Gasteiger partial charge in [0.15, 0.2) is 23.0 Å². The molecule has 37 heavy (non-hydrogen) atoms. The summed E-state index contributed by atoms with van der Waals surface area (Å²) >= 11 is 0. The van der Waals surface area contributed by atoms with Crippen molar-refractivity contribution < 1.29 is 27.8 Å². The van der Waals surface area contributed by atoms with Gasteiger partial charge in [0.1, 0.15) is 25.0 Å². The third-order valence-electron chi connectivity index (χ3n) is 6.72. The van der Waals surface area contributed by atoms with Gasteiger partial charge in [0.05, 0.1) is 39.8 Å². The van der Waals surface area contributed by atoms with Crippen LogP contribution >= 0.6 is 0 Å². The molecule has 0 radical (unpaired) electrons. The predicted octanol–water partition coefficient (Wildman–Crippen LogP) is 5.18. The maximum atomic E-state index is 6.09. The van der Waals surface area contributed by atoms with Crippen molar-refractivity contribution in [3.8, 4) is 23.0 Å². The molecule has 0 aliphatic carbocycles. The number of hydrogen-bond donors (Lipinski definition) is 0. The first-order valence-electron chi connectivity index (χ1n) is 12.3. The number of rotatable bonds is 8. The zero-order valence-electron chi connectivity index (χ0n) is 21.1. The minimum atomic E-state index is 0.486. The summed E-state index contributed by atoms with van der Waals surface area (Å²) in [6.07, 6.45) is 4.12. The van der Waals surface area contributed by atoms with Crippen LogP contribution in [-0.2, 0) is 32.6 Å². The van der Waals surface area contributed by atoms with Crippen LogP contribution in [-0.4, -0.2) is 37.5 Å². The summed E-state index contributed by atoms with van der Waals surface area (Å²) < 4.78 is 34.6. The fourth-order valence-corrected chi connectivity index (χ4v) is 5.09. The van der Waals surface area contributed by atoms with Crippen LogP contribution in [0, 0.1) is 0 Å². The van der Waals surface area contributed by atoms with Gasteiger partial charge < -0.3 is 27.8 Å². The van der Waals surface area contributed by atoms with Gasteiger partial charge in [0.25, 0.3) is 0 Å². The molecule has 0 atom stereocenters. The van der Waals surface area contributed by atoms with Crippen LogP contribution in [0.15, 0.2) is 69.9 Å². The number of benzene rings is 2. The van der Waals surface area contributed by atoms with Crippen LogP contribution < -0.4 is 18.9 Å². The van der Waals surface area contributed by atoms with Crippen molar-refractivity contribution in [3.63, 3.8) is 0 Å². The summed E-state index contributed by atoms with van der Waals surface area (Å²) in [7, 11) is 3.37. The quantitative estimate of drug-likeness (QED) is 0.326. The van der Waals surface area contributed by atoms with Crippen LogP contribution in [0.5, 0.6) is 23.0 Å². The van der Waals surface area contributed by atoms with E-state index in [-0.39, 0.29) is 0 Å². The highest BCUT2D eigenvalue weighted by molar-refractivity contribution is 5.54. The molecule has 0 bridgehead atoms. The van der Waals surface area contributed by atoms with Gasteiger partial charge in [0.2, 0.25) is 0 Å². The van der Waals surface area contributed by atoms with E-state index in [9.17, 15) is 0 Å². The molecule has 0 spiro atoms. The van der Waals surface area contributed by atoms with E-state index in [0.717, 1.165) is 76.3 Å².